The van der Waals surface area contributed by atoms with Crippen molar-refractivity contribution >= 4 is 39.8 Å². The van der Waals surface area contributed by atoms with E-state index in [0.29, 0.717) is 13.1 Å². The van der Waals surface area contributed by atoms with Crippen molar-refractivity contribution in [1.29, 1.82) is 0 Å². The number of likely N-dealkylation sites (N-methyl/N-ethyl adjacent to an activating group) is 1. The molecule has 0 atom stereocenters. The van der Waals surface area contributed by atoms with E-state index >= 15 is 0 Å². The van der Waals surface area contributed by atoms with E-state index in [1.807, 2.05) is 13.8 Å². The van der Waals surface area contributed by atoms with Crippen molar-refractivity contribution < 1.29 is 8.42 Å². The van der Waals surface area contributed by atoms with Crippen LogP contribution in [0.3, 0.4) is 0 Å². The smallest absolute Gasteiger partial charge is 0.193 e. The van der Waals surface area contributed by atoms with Crippen molar-refractivity contribution in [3.05, 3.63) is 0 Å². The lowest BCUT2D eigenvalue weighted by Crippen LogP contribution is -2.57. The average molecular weight is 516 g/mol. The number of hydrogen-bond acceptors (Lipinski definition) is 5. The van der Waals surface area contributed by atoms with E-state index in [9.17, 15) is 8.42 Å². The molecular formula is C18H38IN5O2S. The van der Waals surface area contributed by atoms with Gasteiger partial charge in [-0.3, -0.25) is 4.99 Å². The highest BCUT2D eigenvalue weighted by Crippen LogP contribution is 2.23. The molecule has 0 radical (unpaired) electrons. The summed E-state index contributed by atoms with van der Waals surface area (Å²) in [4.78, 5) is 11.8. The molecule has 0 bridgehead atoms. The Kier molecular flexibility index (Phi) is 10.3. The molecule has 0 aromatic carbocycles. The number of halogens is 1. The molecular weight excluding hydrogens is 477 g/mol. The molecule has 0 aromatic rings. The van der Waals surface area contributed by atoms with Gasteiger partial charge in [0.05, 0.1) is 10.5 Å². The Labute approximate surface area is 182 Å². The molecule has 0 aromatic heterocycles. The highest BCUT2D eigenvalue weighted by Gasteiger charge is 2.40. The molecule has 7 nitrogen and oxygen atoms in total. The standard InChI is InChI=1S/C18H37N5O2S.HI/c1-5-19-17(23-14-15-26(24,25)18(2,3)16-23)20-8-6-10-22-11-7-9-21(4)12-13-22;/h5-16H2,1-4H3,(H,19,20);1H. The third-order valence-electron chi connectivity index (χ3n) is 5.38. The molecule has 0 amide bonds. The Bertz CT molecular complexity index is 582. The zero-order valence-corrected chi connectivity index (χ0v) is 20.6. The molecule has 2 aliphatic rings. The SMILES string of the molecule is CCNC(=NCCCN1CCCN(C)CC1)N1CCS(=O)(=O)C(C)(C)C1.I. The van der Waals surface area contributed by atoms with Crippen LogP contribution in [0, 0.1) is 0 Å². The number of sulfone groups is 1. The highest BCUT2D eigenvalue weighted by atomic mass is 127. The van der Waals surface area contributed by atoms with E-state index in [1.165, 1.54) is 19.5 Å². The highest BCUT2D eigenvalue weighted by molar-refractivity contribution is 14.0. The summed E-state index contributed by atoms with van der Waals surface area (Å²) >= 11 is 0. The maximum Gasteiger partial charge on any atom is 0.193 e. The fraction of sp³-hybridized carbons (Fsp3) is 0.944. The number of nitrogens with one attached hydrogen (secondary N) is 1. The largest absolute Gasteiger partial charge is 0.357 e. The maximum atomic E-state index is 12.2. The van der Waals surface area contributed by atoms with Crippen LogP contribution in [0.25, 0.3) is 0 Å². The van der Waals surface area contributed by atoms with Gasteiger partial charge in [-0.1, -0.05) is 0 Å². The van der Waals surface area contributed by atoms with Crippen LogP contribution in [0.4, 0.5) is 0 Å². The summed E-state index contributed by atoms with van der Waals surface area (Å²) in [5.41, 5.74) is 0. The van der Waals surface area contributed by atoms with Gasteiger partial charge in [-0.2, -0.15) is 0 Å². The fourth-order valence-corrected chi connectivity index (χ4v) is 4.92. The lowest BCUT2D eigenvalue weighted by atomic mass is 10.2. The molecule has 0 aliphatic carbocycles. The minimum Gasteiger partial charge on any atom is -0.357 e. The number of rotatable bonds is 5. The normalized spacial score (nSPS) is 24.1. The van der Waals surface area contributed by atoms with Gasteiger partial charge in [-0.05, 0) is 60.3 Å². The van der Waals surface area contributed by atoms with E-state index in [1.54, 1.807) is 0 Å². The summed E-state index contributed by atoms with van der Waals surface area (Å²) in [7, 11) is -0.834. The third kappa shape index (κ3) is 7.32. The molecule has 9 heteroatoms. The first-order chi connectivity index (χ1) is 12.2. The number of nitrogens with zero attached hydrogens (tertiary/aromatic N) is 4. The number of aliphatic imine (C=N–C) groups is 1. The van der Waals surface area contributed by atoms with Crippen LogP contribution < -0.4 is 5.32 Å². The van der Waals surface area contributed by atoms with Gasteiger partial charge >= 0.3 is 0 Å². The minimum absolute atomic E-state index is 0. The van der Waals surface area contributed by atoms with Crippen molar-refractivity contribution in [2.75, 3.05) is 71.7 Å². The van der Waals surface area contributed by atoms with E-state index < -0.39 is 14.6 Å². The van der Waals surface area contributed by atoms with E-state index in [0.717, 1.165) is 45.1 Å². The summed E-state index contributed by atoms with van der Waals surface area (Å²) in [5, 5.41) is 3.33. The Hall–Kier alpha value is -0.130. The molecule has 160 valence electrons. The van der Waals surface area contributed by atoms with Gasteiger partial charge in [0.1, 0.15) is 0 Å². The first kappa shape index (κ1) is 24.9. The second kappa shape index (κ2) is 11.2. The maximum absolute atomic E-state index is 12.2. The van der Waals surface area contributed by atoms with Crippen LogP contribution in [0.1, 0.15) is 33.6 Å². The molecule has 27 heavy (non-hydrogen) atoms. The second-order valence-corrected chi connectivity index (χ2v) is 10.8. The minimum atomic E-state index is -3.03. The Morgan fingerprint density at radius 3 is 2.56 bits per heavy atom. The lowest BCUT2D eigenvalue weighted by molar-refractivity contribution is 0.274. The van der Waals surface area contributed by atoms with Crippen molar-refractivity contribution in [3.63, 3.8) is 0 Å². The fourth-order valence-electron chi connectivity index (χ4n) is 3.55. The molecule has 2 aliphatic heterocycles. The zero-order chi connectivity index (χ0) is 19.2. The summed E-state index contributed by atoms with van der Waals surface area (Å²) in [6, 6.07) is 0. The van der Waals surface area contributed by atoms with Gasteiger partial charge in [0.15, 0.2) is 15.8 Å². The average Bonchev–Trinajstić information content (AvgIpc) is 2.77. The molecule has 2 fully saturated rings. The quantitative estimate of drug-likeness (QED) is 0.256. The van der Waals surface area contributed by atoms with Crippen LogP contribution in [-0.4, -0.2) is 106 Å². The lowest BCUT2D eigenvalue weighted by Gasteiger charge is -2.39. The van der Waals surface area contributed by atoms with Gasteiger partial charge in [0.2, 0.25) is 0 Å². The van der Waals surface area contributed by atoms with Crippen LogP contribution in [0.5, 0.6) is 0 Å². The van der Waals surface area contributed by atoms with E-state index in [-0.39, 0.29) is 29.7 Å². The molecule has 2 rings (SSSR count). The van der Waals surface area contributed by atoms with Crippen LogP contribution >= 0.6 is 24.0 Å². The molecule has 0 spiro atoms. The Morgan fingerprint density at radius 1 is 1.15 bits per heavy atom. The van der Waals surface area contributed by atoms with E-state index in [4.69, 9.17) is 4.99 Å². The predicted molar refractivity (Wildman–Crippen MR) is 124 cm³/mol. The summed E-state index contributed by atoms with van der Waals surface area (Å²) in [6.07, 6.45) is 2.27. The monoisotopic (exact) mass is 515 g/mol. The summed E-state index contributed by atoms with van der Waals surface area (Å²) in [6.45, 7) is 14.0. The Morgan fingerprint density at radius 2 is 1.89 bits per heavy atom. The van der Waals surface area contributed by atoms with Crippen LogP contribution in [0.15, 0.2) is 4.99 Å². The van der Waals surface area contributed by atoms with Gasteiger partial charge in [-0.15, -0.1) is 24.0 Å². The molecule has 0 unspecified atom stereocenters. The zero-order valence-electron chi connectivity index (χ0n) is 17.4. The van der Waals surface area contributed by atoms with Crippen molar-refractivity contribution in [1.82, 2.24) is 20.0 Å². The molecule has 0 saturated carbocycles. The van der Waals surface area contributed by atoms with Crippen molar-refractivity contribution in [3.8, 4) is 0 Å². The molecule has 2 heterocycles. The van der Waals surface area contributed by atoms with Gasteiger partial charge in [-0.25, -0.2) is 8.42 Å². The number of hydrogen-bond donors (Lipinski definition) is 1. The predicted octanol–water partition coefficient (Wildman–Crippen LogP) is 1.11. The molecule has 2 saturated heterocycles. The summed E-state index contributed by atoms with van der Waals surface area (Å²) in [5.74, 6) is 1.05. The first-order valence-electron chi connectivity index (χ1n) is 9.91. The third-order valence-corrected chi connectivity index (χ3v) is 7.92. The topological polar surface area (TPSA) is 68.2 Å². The van der Waals surface area contributed by atoms with Crippen molar-refractivity contribution in [2.45, 2.75) is 38.4 Å². The van der Waals surface area contributed by atoms with Crippen LogP contribution in [-0.2, 0) is 9.84 Å². The summed E-state index contributed by atoms with van der Waals surface area (Å²) < 4.78 is 23.7. The van der Waals surface area contributed by atoms with E-state index in [2.05, 4.69) is 34.0 Å². The van der Waals surface area contributed by atoms with Gasteiger partial charge in [0.25, 0.3) is 0 Å². The Balaban J connectivity index is 0.00000364. The number of guanidine groups is 1. The van der Waals surface area contributed by atoms with Gasteiger partial charge in [0, 0.05) is 39.3 Å². The van der Waals surface area contributed by atoms with Gasteiger partial charge < -0.3 is 20.0 Å². The second-order valence-electron chi connectivity index (χ2n) is 8.09. The first-order valence-corrected chi connectivity index (χ1v) is 11.6. The van der Waals surface area contributed by atoms with Crippen molar-refractivity contribution in [2.24, 2.45) is 4.99 Å². The van der Waals surface area contributed by atoms with Crippen LogP contribution in [0.2, 0.25) is 0 Å². The molecule has 1 N–H and O–H groups in total.